The number of nitrogens with one attached hydrogen (secondary N) is 1. The summed E-state index contributed by atoms with van der Waals surface area (Å²) >= 11 is 0. The van der Waals surface area contributed by atoms with Crippen LogP contribution in [0.4, 0.5) is 5.69 Å². The average molecular weight is 305 g/mol. The molecular weight excluding hydrogens is 286 g/mol. The van der Waals surface area contributed by atoms with Crippen molar-refractivity contribution < 1.29 is 24.2 Å². The van der Waals surface area contributed by atoms with Crippen LogP contribution in [0.2, 0.25) is 0 Å². The number of carbonyl (C=O) groups is 2. The van der Waals surface area contributed by atoms with Crippen LogP contribution >= 0.6 is 0 Å². The van der Waals surface area contributed by atoms with Crippen molar-refractivity contribution in [2.24, 2.45) is 11.8 Å². The van der Waals surface area contributed by atoms with Gasteiger partial charge in [-0.05, 0) is 31.9 Å². The second-order valence-electron chi connectivity index (χ2n) is 5.60. The van der Waals surface area contributed by atoms with E-state index < -0.39 is 17.8 Å². The highest BCUT2D eigenvalue weighted by Gasteiger charge is 2.55. The quantitative estimate of drug-likeness (QED) is 0.868. The van der Waals surface area contributed by atoms with Gasteiger partial charge in [-0.2, -0.15) is 0 Å². The molecule has 1 aromatic carbocycles. The van der Waals surface area contributed by atoms with Crippen molar-refractivity contribution in [2.45, 2.75) is 32.0 Å². The topological polar surface area (TPSA) is 84.9 Å². The van der Waals surface area contributed by atoms with E-state index in [4.69, 9.17) is 9.47 Å². The van der Waals surface area contributed by atoms with Crippen molar-refractivity contribution in [3.63, 3.8) is 0 Å². The predicted molar refractivity (Wildman–Crippen MR) is 78.8 cm³/mol. The lowest BCUT2D eigenvalue weighted by Crippen LogP contribution is -2.41. The van der Waals surface area contributed by atoms with Crippen LogP contribution < -0.4 is 10.1 Å². The van der Waals surface area contributed by atoms with Gasteiger partial charge in [0.05, 0.1) is 36.3 Å². The molecule has 1 aromatic rings. The number of carbonyl (C=O) groups excluding carboxylic acids is 1. The van der Waals surface area contributed by atoms with Crippen LogP contribution in [-0.4, -0.2) is 35.8 Å². The van der Waals surface area contributed by atoms with Crippen molar-refractivity contribution in [3.8, 4) is 5.75 Å². The Bertz CT molecular complexity index is 588. The predicted octanol–water partition coefficient (Wildman–Crippen LogP) is 1.90. The maximum atomic E-state index is 12.6. The minimum Gasteiger partial charge on any atom is -0.492 e. The van der Waals surface area contributed by atoms with Gasteiger partial charge in [0.1, 0.15) is 5.75 Å². The standard InChI is InChI=1S/C16H19NO5/c1-2-21-10-6-4-3-5-9(10)17-15(18)13-11-7-8-12(22-11)14(13)16(19)20/h3-6,11-14H,2,7-8H2,1H3,(H,17,18)(H,19,20)/t11-,12+,13-,14+/m1/s1. The molecule has 0 aromatic heterocycles. The van der Waals surface area contributed by atoms with Gasteiger partial charge in [0.15, 0.2) is 0 Å². The molecule has 6 heteroatoms. The Morgan fingerprint density at radius 3 is 2.64 bits per heavy atom. The number of anilines is 1. The summed E-state index contributed by atoms with van der Waals surface area (Å²) in [6, 6.07) is 7.13. The summed E-state index contributed by atoms with van der Waals surface area (Å²) in [5.74, 6) is -2.12. The molecule has 2 aliphatic rings. The summed E-state index contributed by atoms with van der Waals surface area (Å²) in [7, 11) is 0. The van der Waals surface area contributed by atoms with Gasteiger partial charge in [-0.25, -0.2) is 0 Å². The molecule has 3 rings (SSSR count). The average Bonchev–Trinajstić information content (AvgIpc) is 3.10. The normalized spacial score (nSPS) is 29.3. The van der Waals surface area contributed by atoms with Crippen LogP contribution in [0, 0.1) is 11.8 Å². The number of carboxylic acids is 1. The molecule has 22 heavy (non-hydrogen) atoms. The third kappa shape index (κ3) is 2.54. The summed E-state index contributed by atoms with van der Waals surface area (Å²) in [6.07, 6.45) is 0.798. The van der Waals surface area contributed by atoms with Gasteiger partial charge in [0.25, 0.3) is 0 Å². The fraction of sp³-hybridized carbons (Fsp3) is 0.500. The number of amides is 1. The Morgan fingerprint density at radius 1 is 1.27 bits per heavy atom. The van der Waals surface area contributed by atoms with Crippen molar-refractivity contribution in [1.82, 2.24) is 0 Å². The Balaban J connectivity index is 1.78. The van der Waals surface area contributed by atoms with E-state index in [-0.39, 0.29) is 18.1 Å². The fourth-order valence-electron chi connectivity index (χ4n) is 3.39. The minimum absolute atomic E-state index is 0.301. The Kier molecular flexibility index (Phi) is 4.02. The molecule has 6 nitrogen and oxygen atoms in total. The number of ether oxygens (including phenoxy) is 2. The first-order valence-corrected chi connectivity index (χ1v) is 7.52. The highest BCUT2D eigenvalue weighted by molar-refractivity contribution is 5.97. The van der Waals surface area contributed by atoms with Crippen LogP contribution in [0.15, 0.2) is 24.3 Å². The molecule has 118 valence electrons. The molecule has 2 fully saturated rings. The number of para-hydroxylation sites is 2. The largest absolute Gasteiger partial charge is 0.492 e. The molecular formula is C16H19NO5. The fourth-order valence-corrected chi connectivity index (χ4v) is 3.39. The lowest BCUT2D eigenvalue weighted by Gasteiger charge is -2.24. The second kappa shape index (κ2) is 5.96. The molecule has 0 saturated carbocycles. The van der Waals surface area contributed by atoms with E-state index in [1.54, 1.807) is 18.2 Å². The second-order valence-corrected chi connectivity index (χ2v) is 5.60. The van der Waals surface area contributed by atoms with Crippen LogP contribution in [0.25, 0.3) is 0 Å². The molecule has 0 spiro atoms. The van der Waals surface area contributed by atoms with Crippen LogP contribution in [0.5, 0.6) is 5.75 Å². The van der Waals surface area contributed by atoms with E-state index in [9.17, 15) is 14.7 Å². The highest BCUT2D eigenvalue weighted by atomic mass is 16.5. The summed E-state index contributed by atoms with van der Waals surface area (Å²) in [5, 5.41) is 12.2. The third-order valence-corrected chi connectivity index (χ3v) is 4.31. The number of fused-ring (bicyclic) bond motifs is 2. The molecule has 2 N–H and O–H groups in total. The first-order chi connectivity index (χ1) is 10.6. The summed E-state index contributed by atoms with van der Waals surface area (Å²) in [6.45, 7) is 2.35. The van der Waals surface area contributed by atoms with E-state index in [2.05, 4.69) is 5.32 Å². The molecule has 1 amide bonds. The van der Waals surface area contributed by atoms with Gasteiger partial charge < -0.3 is 19.9 Å². The van der Waals surface area contributed by atoms with Gasteiger partial charge in [-0.1, -0.05) is 12.1 Å². The smallest absolute Gasteiger partial charge is 0.310 e. The molecule has 0 radical (unpaired) electrons. The van der Waals surface area contributed by atoms with Gasteiger partial charge in [-0.3, -0.25) is 9.59 Å². The SMILES string of the molecule is CCOc1ccccc1NC(=O)[C@H]1[C@@H](C(=O)O)[C@@H]2CC[C@H]1O2. The number of carboxylic acid groups (broad SMARTS) is 1. The number of rotatable bonds is 5. The minimum atomic E-state index is -0.967. The molecule has 2 bridgehead atoms. The summed E-state index contributed by atoms with van der Waals surface area (Å²) in [5.41, 5.74) is 0.557. The zero-order valence-electron chi connectivity index (χ0n) is 12.3. The lowest BCUT2D eigenvalue weighted by molar-refractivity contribution is -0.147. The maximum Gasteiger partial charge on any atom is 0.310 e. The number of benzene rings is 1. The van der Waals surface area contributed by atoms with E-state index in [1.165, 1.54) is 0 Å². The lowest BCUT2D eigenvalue weighted by atomic mass is 9.78. The molecule has 2 heterocycles. The van der Waals surface area contributed by atoms with E-state index in [0.29, 0.717) is 24.5 Å². The van der Waals surface area contributed by atoms with Crippen LogP contribution in [0.3, 0.4) is 0 Å². The van der Waals surface area contributed by atoms with E-state index in [1.807, 2.05) is 13.0 Å². The zero-order chi connectivity index (χ0) is 15.7. The Labute approximate surface area is 128 Å². The Morgan fingerprint density at radius 2 is 1.95 bits per heavy atom. The van der Waals surface area contributed by atoms with E-state index in [0.717, 1.165) is 6.42 Å². The van der Waals surface area contributed by atoms with Crippen molar-refractivity contribution in [1.29, 1.82) is 0 Å². The highest BCUT2D eigenvalue weighted by Crippen LogP contribution is 2.44. The number of hydrogen-bond donors (Lipinski definition) is 2. The van der Waals surface area contributed by atoms with Gasteiger partial charge in [-0.15, -0.1) is 0 Å². The van der Waals surface area contributed by atoms with Crippen molar-refractivity contribution in [2.75, 3.05) is 11.9 Å². The van der Waals surface area contributed by atoms with Gasteiger partial charge in [0.2, 0.25) is 5.91 Å². The van der Waals surface area contributed by atoms with Crippen molar-refractivity contribution in [3.05, 3.63) is 24.3 Å². The van der Waals surface area contributed by atoms with E-state index >= 15 is 0 Å². The zero-order valence-corrected chi connectivity index (χ0v) is 12.3. The number of aliphatic carboxylic acids is 1. The maximum absolute atomic E-state index is 12.6. The first-order valence-electron chi connectivity index (χ1n) is 7.52. The Hall–Kier alpha value is -2.08. The van der Waals surface area contributed by atoms with Crippen LogP contribution in [0.1, 0.15) is 19.8 Å². The molecule has 0 aliphatic carbocycles. The van der Waals surface area contributed by atoms with Gasteiger partial charge in [0, 0.05) is 0 Å². The summed E-state index contributed by atoms with van der Waals surface area (Å²) < 4.78 is 11.1. The third-order valence-electron chi connectivity index (χ3n) is 4.31. The molecule has 2 saturated heterocycles. The first kappa shape index (κ1) is 14.8. The monoisotopic (exact) mass is 305 g/mol. The van der Waals surface area contributed by atoms with Crippen molar-refractivity contribution >= 4 is 17.6 Å². The molecule has 4 atom stereocenters. The summed E-state index contributed by atoms with van der Waals surface area (Å²) in [4.78, 5) is 24.0. The number of hydrogen-bond acceptors (Lipinski definition) is 4. The van der Waals surface area contributed by atoms with Crippen LogP contribution in [-0.2, 0) is 14.3 Å². The van der Waals surface area contributed by atoms with Gasteiger partial charge >= 0.3 is 5.97 Å². The molecule has 2 aliphatic heterocycles. The molecule has 0 unspecified atom stereocenters.